The molecule has 0 saturated heterocycles. The molecule has 0 saturated carbocycles. The number of H-pyrrole nitrogens is 1. The minimum absolute atomic E-state index is 0.0361. The summed E-state index contributed by atoms with van der Waals surface area (Å²) >= 11 is 0. The molecule has 3 N–H and O–H groups in total. The highest BCUT2D eigenvalue weighted by Gasteiger charge is 2.12. The number of rotatable bonds is 3. The zero-order valence-corrected chi connectivity index (χ0v) is 10.00. The maximum atomic E-state index is 13.6. The second-order valence-electron chi connectivity index (χ2n) is 4.32. The first kappa shape index (κ1) is 11.8. The number of aryl methyl sites for hydroxylation is 1. The molecule has 2 rings (SSSR count). The molecule has 0 bridgehead atoms. The van der Waals surface area contributed by atoms with Crippen molar-refractivity contribution in [1.82, 2.24) is 9.97 Å². The molecule has 0 aliphatic rings. The molecule has 0 aliphatic heterocycles. The van der Waals surface area contributed by atoms with Crippen molar-refractivity contribution in [3.63, 3.8) is 0 Å². The Morgan fingerprint density at radius 2 is 2.12 bits per heavy atom. The Morgan fingerprint density at radius 3 is 2.76 bits per heavy atom. The van der Waals surface area contributed by atoms with Crippen LogP contribution in [0, 0.1) is 12.7 Å². The van der Waals surface area contributed by atoms with Crippen LogP contribution in [-0.2, 0) is 6.42 Å². The fourth-order valence-electron chi connectivity index (χ4n) is 1.84. The Balaban J connectivity index is 2.40. The summed E-state index contributed by atoms with van der Waals surface area (Å²) in [7, 11) is 0. The monoisotopic (exact) mass is 233 g/mol. The van der Waals surface area contributed by atoms with E-state index in [0.717, 1.165) is 11.5 Å². The maximum absolute atomic E-state index is 13.6. The van der Waals surface area contributed by atoms with Crippen molar-refractivity contribution in [3.05, 3.63) is 41.6 Å². The number of nitrogens with zero attached hydrogens (tertiary/aromatic N) is 1. The lowest BCUT2D eigenvalue weighted by Gasteiger charge is -2.00. The first-order chi connectivity index (χ1) is 8.08. The van der Waals surface area contributed by atoms with Crippen molar-refractivity contribution in [1.29, 1.82) is 0 Å². The number of aromatic nitrogens is 2. The average molecular weight is 233 g/mol. The van der Waals surface area contributed by atoms with Crippen molar-refractivity contribution >= 4 is 0 Å². The fraction of sp³-hybridized carbons (Fsp3) is 0.308. The molecular weight excluding hydrogens is 217 g/mol. The third-order valence-corrected chi connectivity index (χ3v) is 2.58. The van der Waals surface area contributed by atoms with Gasteiger partial charge in [0.05, 0.1) is 5.69 Å². The predicted octanol–water partition coefficient (Wildman–Crippen LogP) is 2.41. The van der Waals surface area contributed by atoms with E-state index in [1.54, 1.807) is 18.2 Å². The minimum Gasteiger partial charge on any atom is -0.346 e. The predicted molar refractivity (Wildman–Crippen MR) is 66.1 cm³/mol. The summed E-state index contributed by atoms with van der Waals surface area (Å²) in [5, 5.41) is 0. The van der Waals surface area contributed by atoms with Gasteiger partial charge in [0.25, 0.3) is 0 Å². The number of nitrogens with one attached hydrogen (secondary N) is 1. The van der Waals surface area contributed by atoms with Gasteiger partial charge in [0.15, 0.2) is 0 Å². The standard InChI is InChI=1S/C13H16FN3/c1-8(15)7-12-16-9(2)13(17-12)10-5-3-4-6-11(10)14/h3-6,8H,7,15H2,1-2H3,(H,16,17). The van der Waals surface area contributed by atoms with E-state index in [1.165, 1.54) is 6.07 Å². The molecule has 0 radical (unpaired) electrons. The number of imidazole rings is 1. The molecule has 17 heavy (non-hydrogen) atoms. The molecule has 90 valence electrons. The Bertz CT molecular complexity index is 517. The molecular formula is C13H16FN3. The van der Waals surface area contributed by atoms with Crippen molar-refractivity contribution in [2.75, 3.05) is 0 Å². The molecule has 2 aromatic rings. The van der Waals surface area contributed by atoms with Crippen molar-refractivity contribution in [2.24, 2.45) is 5.73 Å². The third kappa shape index (κ3) is 2.53. The van der Waals surface area contributed by atoms with Gasteiger partial charge in [0.1, 0.15) is 11.6 Å². The second-order valence-corrected chi connectivity index (χ2v) is 4.32. The smallest absolute Gasteiger partial charge is 0.132 e. The summed E-state index contributed by atoms with van der Waals surface area (Å²) in [5.41, 5.74) is 7.78. The molecule has 1 aromatic heterocycles. The van der Waals surface area contributed by atoms with E-state index >= 15 is 0 Å². The Kier molecular flexibility index (Phi) is 3.24. The summed E-state index contributed by atoms with van der Waals surface area (Å²) in [6, 6.07) is 6.68. The van der Waals surface area contributed by atoms with Gasteiger partial charge in [-0.05, 0) is 26.0 Å². The zero-order chi connectivity index (χ0) is 12.4. The van der Waals surface area contributed by atoms with Gasteiger partial charge in [0, 0.05) is 23.7 Å². The molecule has 1 atom stereocenters. The van der Waals surface area contributed by atoms with Crippen LogP contribution in [0.3, 0.4) is 0 Å². The number of halogens is 1. The highest BCUT2D eigenvalue weighted by Crippen LogP contribution is 2.24. The Hall–Kier alpha value is -1.68. The van der Waals surface area contributed by atoms with Crippen LogP contribution >= 0.6 is 0 Å². The van der Waals surface area contributed by atoms with Gasteiger partial charge in [-0.2, -0.15) is 0 Å². The van der Waals surface area contributed by atoms with E-state index in [4.69, 9.17) is 5.73 Å². The lowest BCUT2D eigenvalue weighted by Crippen LogP contribution is -2.18. The molecule has 0 amide bonds. The summed E-state index contributed by atoms with van der Waals surface area (Å²) in [4.78, 5) is 7.55. The average Bonchev–Trinajstić information content (AvgIpc) is 2.59. The molecule has 1 aromatic carbocycles. The van der Waals surface area contributed by atoms with E-state index in [-0.39, 0.29) is 11.9 Å². The maximum Gasteiger partial charge on any atom is 0.132 e. The lowest BCUT2D eigenvalue weighted by atomic mass is 10.1. The molecule has 1 heterocycles. The summed E-state index contributed by atoms with van der Waals surface area (Å²) in [5.74, 6) is 0.546. The van der Waals surface area contributed by atoms with Gasteiger partial charge < -0.3 is 10.7 Å². The second kappa shape index (κ2) is 4.67. The van der Waals surface area contributed by atoms with Crippen molar-refractivity contribution in [3.8, 4) is 11.3 Å². The van der Waals surface area contributed by atoms with E-state index in [2.05, 4.69) is 9.97 Å². The van der Waals surface area contributed by atoms with Crippen LogP contribution in [0.25, 0.3) is 11.3 Å². The zero-order valence-electron chi connectivity index (χ0n) is 10.00. The minimum atomic E-state index is -0.255. The van der Waals surface area contributed by atoms with Crippen LogP contribution in [0.1, 0.15) is 18.4 Å². The highest BCUT2D eigenvalue weighted by atomic mass is 19.1. The third-order valence-electron chi connectivity index (χ3n) is 2.58. The van der Waals surface area contributed by atoms with Gasteiger partial charge in [0.2, 0.25) is 0 Å². The van der Waals surface area contributed by atoms with Crippen LogP contribution in [0.15, 0.2) is 24.3 Å². The largest absolute Gasteiger partial charge is 0.346 e. The number of benzene rings is 1. The quantitative estimate of drug-likeness (QED) is 0.855. The van der Waals surface area contributed by atoms with Gasteiger partial charge >= 0.3 is 0 Å². The summed E-state index contributed by atoms with van der Waals surface area (Å²) in [6.07, 6.45) is 0.662. The van der Waals surface area contributed by atoms with Crippen LogP contribution in [-0.4, -0.2) is 16.0 Å². The highest BCUT2D eigenvalue weighted by molar-refractivity contribution is 5.62. The van der Waals surface area contributed by atoms with E-state index in [9.17, 15) is 4.39 Å². The number of aromatic amines is 1. The van der Waals surface area contributed by atoms with Crippen molar-refractivity contribution in [2.45, 2.75) is 26.3 Å². The van der Waals surface area contributed by atoms with Gasteiger partial charge in [-0.25, -0.2) is 9.37 Å². The molecule has 1 unspecified atom stereocenters. The molecule has 0 spiro atoms. The molecule has 0 aliphatic carbocycles. The normalized spacial score (nSPS) is 12.7. The van der Waals surface area contributed by atoms with Crippen LogP contribution in [0.2, 0.25) is 0 Å². The topological polar surface area (TPSA) is 54.7 Å². The van der Waals surface area contributed by atoms with E-state index < -0.39 is 0 Å². The molecule has 0 fully saturated rings. The number of nitrogens with two attached hydrogens (primary N) is 1. The van der Waals surface area contributed by atoms with Gasteiger partial charge in [-0.3, -0.25) is 0 Å². The van der Waals surface area contributed by atoms with Gasteiger partial charge in [-0.1, -0.05) is 12.1 Å². The van der Waals surface area contributed by atoms with Crippen LogP contribution in [0.5, 0.6) is 0 Å². The number of hydrogen-bond acceptors (Lipinski definition) is 2. The number of hydrogen-bond donors (Lipinski definition) is 2. The fourth-order valence-corrected chi connectivity index (χ4v) is 1.84. The summed E-state index contributed by atoms with van der Waals surface area (Å²) in [6.45, 7) is 3.81. The first-order valence-electron chi connectivity index (χ1n) is 5.64. The van der Waals surface area contributed by atoms with Gasteiger partial charge in [-0.15, -0.1) is 0 Å². The van der Waals surface area contributed by atoms with E-state index in [0.29, 0.717) is 17.7 Å². The van der Waals surface area contributed by atoms with Crippen molar-refractivity contribution < 1.29 is 4.39 Å². The molecule has 4 heteroatoms. The Morgan fingerprint density at radius 1 is 1.41 bits per heavy atom. The lowest BCUT2D eigenvalue weighted by molar-refractivity contribution is 0.630. The summed E-state index contributed by atoms with van der Waals surface area (Å²) < 4.78 is 13.6. The molecule has 3 nitrogen and oxygen atoms in total. The Labute approximate surface area is 99.9 Å². The van der Waals surface area contributed by atoms with Crippen LogP contribution < -0.4 is 5.73 Å². The van der Waals surface area contributed by atoms with E-state index in [1.807, 2.05) is 13.8 Å². The first-order valence-corrected chi connectivity index (χ1v) is 5.64. The SMILES string of the molecule is Cc1[nH]c(CC(C)N)nc1-c1ccccc1F. The van der Waals surface area contributed by atoms with Crippen LogP contribution in [0.4, 0.5) is 4.39 Å².